The Bertz CT molecular complexity index is 987. The molecule has 0 fully saturated rings. The highest BCUT2D eigenvalue weighted by Crippen LogP contribution is 2.33. The van der Waals surface area contributed by atoms with E-state index in [4.69, 9.17) is 44.8 Å². The SMILES string of the molecule is CC(Oc1ccc(N)c(C(=N)c2cccc(N)c2)c1)c1c(Cl)cncc1Cl. The average molecular weight is 401 g/mol. The highest BCUT2D eigenvalue weighted by Gasteiger charge is 2.17. The molecule has 0 saturated heterocycles. The van der Waals surface area contributed by atoms with Gasteiger partial charge in [-0.25, -0.2) is 0 Å². The third-order valence-corrected chi connectivity index (χ3v) is 4.68. The van der Waals surface area contributed by atoms with Crippen molar-refractivity contribution in [2.45, 2.75) is 13.0 Å². The highest BCUT2D eigenvalue weighted by atomic mass is 35.5. The van der Waals surface area contributed by atoms with E-state index in [9.17, 15) is 0 Å². The van der Waals surface area contributed by atoms with Gasteiger partial charge in [-0.3, -0.25) is 10.4 Å². The monoisotopic (exact) mass is 400 g/mol. The van der Waals surface area contributed by atoms with E-state index in [1.165, 1.54) is 12.4 Å². The van der Waals surface area contributed by atoms with E-state index in [2.05, 4.69) is 4.98 Å². The molecular formula is C20H18Cl2N4O. The Balaban J connectivity index is 1.90. The molecule has 0 saturated carbocycles. The molecule has 1 heterocycles. The predicted octanol–water partition coefficient (Wildman–Crippen LogP) is 5.11. The Morgan fingerprint density at radius 1 is 1.07 bits per heavy atom. The molecule has 0 spiro atoms. The van der Waals surface area contributed by atoms with Crippen molar-refractivity contribution >= 4 is 40.3 Å². The van der Waals surface area contributed by atoms with Gasteiger partial charge >= 0.3 is 0 Å². The second-order valence-corrected chi connectivity index (χ2v) is 6.84. The first-order chi connectivity index (χ1) is 12.9. The van der Waals surface area contributed by atoms with E-state index >= 15 is 0 Å². The molecule has 3 rings (SSSR count). The van der Waals surface area contributed by atoms with Crippen LogP contribution in [0.2, 0.25) is 10.0 Å². The summed E-state index contributed by atoms with van der Waals surface area (Å²) in [6.45, 7) is 1.84. The molecule has 0 bridgehead atoms. The molecule has 1 aromatic heterocycles. The first kappa shape index (κ1) is 19.0. The molecule has 1 unspecified atom stereocenters. The summed E-state index contributed by atoms with van der Waals surface area (Å²) in [7, 11) is 0. The minimum atomic E-state index is -0.411. The summed E-state index contributed by atoms with van der Waals surface area (Å²) in [5.41, 5.74) is 15.1. The molecule has 3 aromatic rings. The molecule has 5 nitrogen and oxygen atoms in total. The summed E-state index contributed by atoms with van der Waals surface area (Å²) in [5.74, 6) is 0.546. The number of aromatic nitrogens is 1. The Hall–Kier alpha value is -2.76. The Labute approximate surface area is 167 Å². The third kappa shape index (κ3) is 4.15. The van der Waals surface area contributed by atoms with Crippen LogP contribution in [0.15, 0.2) is 54.9 Å². The Kier molecular flexibility index (Phi) is 5.54. The van der Waals surface area contributed by atoms with Crippen LogP contribution >= 0.6 is 23.2 Å². The molecule has 0 radical (unpaired) electrons. The van der Waals surface area contributed by atoms with Crippen LogP contribution in [0.4, 0.5) is 11.4 Å². The Morgan fingerprint density at radius 2 is 1.78 bits per heavy atom. The molecule has 5 N–H and O–H groups in total. The normalized spacial score (nSPS) is 11.8. The molecule has 0 aliphatic heterocycles. The smallest absolute Gasteiger partial charge is 0.124 e. The molecule has 0 amide bonds. The number of benzene rings is 2. The van der Waals surface area contributed by atoms with Gasteiger partial charge in [0.25, 0.3) is 0 Å². The van der Waals surface area contributed by atoms with Gasteiger partial charge in [0, 0.05) is 40.5 Å². The number of nitrogen functional groups attached to an aromatic ring is 2. The van der Waals surface area contributed by atoms with E-state index in [1.54, 1.807) is 36.4 Å². The Morgan fingerprint density at radius 3 is 2.44 bits per heavy atom. The van der Waals surface area contributed by atoms with Gasteiger partial charge in [-0.2, -0.15) is 0 Å². The number of rotatable bonds is 5. The zero-order valence-electron chi connectivity index (χ0n) is 14.5. The van der Waals surface area contributed by atoms with Crippen molar-refractivity contribution in [1.82, 2.24) is 4.98 Å². The van der Waals surface area contributed by atoms with Crippen LogP contribution in [0.5, 0.6) is 5.75 Å². The quantitative estimate of drug-likeness (QED) is 0.409. The number of hydrogen-bond acceptors (Lipinski definition) is 5. The molecule has 0 aliphatic rings. The van der Waals surface area contributed by atoms with Crippen LogP contribution in [-0.4, -0.2) is 10.7 Å². The van der Waals surface area contributed by atoms with Crippen LogP contribution in [0.3, 0.4) is 0 Å². The van der Waals surface area contributed by atoms with Crippen LogP contribution in [0.1, 0.15) is 29.7 Å². The molecule has 2 aromatic carbocycles. The number of nitrogens with one attached hydrogen (secondary N) is 1. The van der Waals surface area contributed by atoms with Gasteiger partial charge in [-0.15, -0.1) is 0 Å². The summed E-state index contributed by atoms with van der Waals surface area (Å²) in [6, 6.07) is 12.3. The summed E-state index contributed by atoms with van der Waals surface area (Å²) in [5, 5.41) is 9.34. The third-order valence-electron chi connectivity index (χ3n) is 4.08. The lowest BCUT2D eigenvalue weighted by atomic mass is 10.00. The van der Waals surface area contributed by atoms with E-state index in [-0.39, 0.29) is 5.71 Å². The summed E-state index contributed by atoms with van der Waals surface area (Å²) < 4.78 is 5.99. The minimum absolute atomic E-state index is 0.262. The van der Waals surface area contributed by atoms with Gasteiger partial charge in [0.2, 0.25) is 0 Å². The highest BCUT2D eigenvalue weighted by molar-refractivity contribution is 6.35. The molecule has 1 atom stereocenters. The fourth-order valence-electron chi connectivity index (χ4n) is 2.75. The second kappa shape index (κ2) is 7.86. The van der Waals surface area contributed by atoms with E-state index in [0.29, 0.717) is 43.9 Å². The molecular weight excluding hydrogens is 383 g/mol. The number of nitrogens with zero attached hydrogens (tertiary/aromatic N) is 1. The van der Waals surface area contributed by atoms with Crippen LogP contribution in [0, 0.1) is 5.41 Å². The second-order valence-electron chi connectivity index (χ2n) is 6.03. The van der Waals surface area contributed by atoms with E-state index in [0.717, 1.165) is 0 Å². The standard InChI is InChI=1S/C20H18Cl2N4O/c1-11(19-16(21)9-26-10-17(19)22)27-14-5-6-18(24)15(8-14)20(25)12-3-2-4-13(23)7-12/h2-11,25H,23-24H2,1H3. The lowest BCUT2D eigenvalue weighted by molar-refractivity contribution is 0.227. The number of anilines is 2. The average Bonchev–Trinajstić information content (AvgIpc) is 2.62. The van der Waals surface area contributed by atoms with Crippen molar-refractivity contribution in [1.29, 1.82) is 5.41 Å². The predicted molar refractivity (Wildman–Crippen MR) is 111 cm³/mol. The number of pyridine rings is 1. The van der Waals surface area contributed by atoms with Crippen molar-refractivity contribution in [3.63, 3.8) is 0 Å². The fourth-order valence-corrected chi connectivity index (χ4v) is 3.42. The maximum Gasteiger partial charge on any atom is 0.124 e. The van der Waals surface area contributed by atoms with Gasteiger partial charge in [0.05, 0.1) is 15.8 Å². The molecule has 138 valence electrons. The van der Waals surface area contributed by atoms with Gasteiger partial charge < -0.3 is 16.2 Å². The maximum absolute atomic E-state index is 8.48. The minimum Gasteiger partial charge on any atom is -0.486 e. The topological polar surface area (TPSA) is 98.0 Å². The summed E-state index contributed by atoms with van der Waals surface area (Å²) in [6.07, 6.45) is 2.63. The zero-order valence-corrected chi connectivity index (χ0v) is 16.1. The van der Waals surface area contributed by atoms with Crippen LogP contribution in [-0.2, 0) is 0 Å². The first-order valence-corrected chi connectivity index (χ1v) is 8.92. The first-order valence-electron chi connectivity index (χ1n) is 8.16. The maximum atomic E-state index is 8.48. The van der Waals surface area contributed by atoms with Crippen LogP contribution in [0.25, 0.3) is 0 Å². The molecule has 0 aliphatic carbocycles. The van der Waals surface area contributed by atoms with Crippen LogP contribution < -0.4 is 16.2 Å². The molecule has 7 heteroatoms. The van der Waals surface area contributed by atoms with Crippen molar-refractivity contribution in [2.24, 2.45) is 0 Å². The van der Waals surface area contributed by atoms with Gasteiger partial charge in [-0.1, -0.05) is 35.3 Å². The summed E-state index contributed by atoms with van der Waals surface area (Å²) >= 11 is 12.4. The van der Waals surface area contributed by atoms with Crippen molar-refractivity contribution < 1.29 is 4.74 Å². The fraction of sp³-hybridized carbons (Fsp3) is 0.100. The van der Waals surface area contributed by atoms with Crippen molar-refractivity contribution in [3.8, 4) is 5.75 Å². The van der Waals surface area contributed by atoms with Crippen molar-refractivity contribution in [3.05, 3.63) is 81.6 Å². The van der Waals surface area contributed by atoms with Gasteiger partial charge in [-0.05, 0) is 37.3 Å². The lowest BCUT2D eigenvalue weighted by Crippen LogP contribution is -2.09. The van der Waals surface area contributed by atoms with Gasteiger partial charge in [0.1, 0.15) is 11.9 Å². The number of halogens is 2. The largest absolute Gasteiger partial charge is 0.486 e. The molecule has 27 heavy (non-hydrogen) atoms. The number of ether oxygens (including phenoxy) is 1. The van der Waals surface area contributed by atoms with E-state index in [1.807, 2.05) is 13.0 Å². The van der Waals surface area contributed by atoms with E-state index < -0.39 is 6.10 Å². The zero-order chi connectivity index (χ0) is 19.6. The van der Waals surface area contributed by atoms with Gasteiger partial charge in [0.15, 0.2) is 0 Å². The lowest BCUT2D eigenvalue weighted by Gasteiger charge is -2.18. The number of nitrogens with two attached hydrogens (primary N) is 2. The van der Waals surface area contributed by atoms with Crippen molar-refractivity contribution in [2.75, 3.05) is 11.5 Å². The summed E-state index contributed by atoms with van der Waals surface area (Å²) in [4.78, 5) is 3.95. The number of hydrogen-bond donors (Lipinski definition) is 3.